The van der Waals surface area contributed by atoms with Gasteiger partial charge in [-0.05, 0) is 26.0 Å². The summed E-state index contributed by atoms with van der Waals surface area (Å²) in [7, 11) is 0. The van der Waals surface area contributed by atoms with Crippen molar-refractivity contribution in [3.63, 3.8) is 0 Å². The number of hydrogen-bond acceptors (Lipinski definition) is 3. The number of benzene rings is 1. The quantitative estimate of drug-likeness (QED) is 0.906. The van der Waals surface area contributed by atoms with E-state index in [0.717, 1.165) is 18.2 Å². The summed E-state index contributed by atoms with van der Waals surface area (Å²) in [6.45, 7) is 3.90. The van der Waals surface area contributed by atoms with Gasteiger partial charge in [-0.2, -0.15) is 5.10 Å². The van der Waals surface area contributed by atoms with Gasteiger partial charge in [0.15, 0.2) is 0 Å². The van der Waals surface area contributed by atoms with Crippen molar-refractivity contribution in [2.75, 3.05) is 11.1 Å². The molecule has 5 nitrogen and oxygen atoms in total. The van der Waals surface area contributed by atoms with Gasteiger partial charge in [-0.1, -0.05) is 0 Å². The molecule has 2 aromatic rings. The number of carbonyl (C=O) groups is 1. The molecule has 7 heteroatoms. The molecule has 0 aliphatic carbocycles. The van der Waals surface area contributed by atoms with Gasteiger partial charge in [0.05, 0.1) is 17.1 Å². The molecule has 0 atom stereocenters. The van der Waals surface area contributed by atoms with Crippen LogP contribution in [0.15, 0.2) is 18.2 Å². The molecule has 0 radical (unpaired) electrons. The molecule has 1 heterocycles. The lowest BCUT2D eigenvalue weighted by Crippen LogP contribution is -2.19. The summed E-state index contributed by atoms with van der Waals surface area (Å²) in [5.74, 6) is -2.00. The van der Waals surface area contributed by atoms with Crippen molar-refractivity contribution in [2.24, 2.45) is 0 Å². The third-order valence-corrected chi connectivity index (χ3v) is 2.86. The van der Waals surface area contributed by atoms with Crippen molar-refractivity contribution in [2.45, 2.75) is 20.4 Å². The fourth-order valence-corrected chi connectivity index (χ4v) is 1.84. The van der Waals surface area contributed by atoms with Crippen LogP contribution in [0.25, 0.3) is 0 Å². The number of amides is 1. The number of aryl methyl sites for hydroxylation is 2. The molecule has 1 amide bonds. The Morgan fingerprint density at radius 3 is 2.80 bits per heavy atom. The Morgan fingerprint density at radius 2 is 2.15 bits per heavy atom. The minimum atomic E-state index is -0.724. The molecular formula is C13H14F2N4O. The number of halogens is 2. The number of anilines is 2. The Kier molecular flexibility index (Phi) is 3.69. The highest BCUT2D eigenvalue weighted by molar-refractivity contribution is 6.06. The summed E-state index contributed by atoms with van der Waals surface area (Å²) in [6, 6.07) is 2.82. The molecule has 3 N–H and O–H groups in total. The Labute approximate surface area is 114 Å². The predicted octanol–water partition coefficient (Wildman–Crippen LogP) is 2.32. The first kappa shape index (κ1) is 14.0. The maximum Gasteiger partial charge on any atom is 0.276 e. The Hall–Kier alpha value is -2.44. The Bertz CT molecular complexity index is 667. The third-order valence-electron chi connectivity index (χ3n) is 2.86. The van der Waals surface area contributed by atoms with Crippen LogP contribution in [0.1, 0.15) is 23.1 Å². The van der Waals surface area contributed by atoms with Crippen LogP contribution in [0, 0.1) is 18.6 Å². The first-order valence-corrected chi connectivity index (χ1v) is 6.03. The average molecular weight is 280 g/mol. The van der Waals surface area contributed by atoms with Crippen LogP contribution in [0.5, 0.6) is 0 Å². The summed E-state index contributed by atoms with van der Waals surface area (Å²) in [5.41, 5.74) is 6.42. The second-order valence-electron chi connectivity index (χ2n) is 4.24. The SMILES string of the molecule is CCn1nc(C)c(N)c1C(=O)Nc1cc(F)ccc1F. The van der Waals surface area contributed by atoms with Crippen molar-refractivity contribution >= 4 is 17.3 Å². The van der Waals surface area contributed by atoms with Gasteiger partial charge in [0.2, 0.25) is 0 Å². The van der Waals surface area contributed by atoms with Crippen molar-refractivity contribution in [1.29, 1.82) is 0 Å². The van der Waals surface area contributed by atoms with E-state index in [0.29, 0.717) is 12.2 Å². The van der Waals surface area contributed by atoms with E-state index in [4.69, 9.17) is 5.73 Å². The smallest absolute Gasteiger partial charge is 0.276 e. The van der Waals surface area contributed by atoms with Crippen molar-refractivity contribution in [3.05, 3.63) is 41.2 Å². The van der Waals surface area contributed by atoms with Crippen LogP contribution in [0.2, 0.25) is 0 Å². The zero-order chi connectivity index (χ0) is 14.9. The molecule has 0 bridgehead atoms. The second-order valence-corrected chi connectivity index (χ2v) is 4.24. The molecule has 2 rings (SSSR count). The highest BCUT2D eigenvalue weighted by atomic mass is 19.1. The average Bonchev–Trinajstić information content (AvgIpc) is 2.69. The van der Waals surface area contributed by atoms with Crippen LogP contribution < -0.4 is 11.1 Å². The van der Waals surface area contributed by atoms with E-state index < -0.39 is 17.5 Å². The molecule has 1 aromatic heterocycles. The van der Waals surface area contributed by atoms with Gasteiger partial charge in [0, 0.05) is 12.6 Å². The molecular weight excluding hydrogens is 266 g/mol. The van der Waals surface area contributed by atoms with Crippen LogP contribution in [-0.2, 0) is 6.54 Å². The molecule has 106 valence electrons. The van der Waals surface area contributed by atoms with E-state index in [1.807, 2.05) is 0 Å². The lowest BCUT2D eigenvalue weighted by molar-refractivity contribution is 0.101. The number of hydrogen-bond donors (Lipinski definition) is 2. The number of nitrogen functional groups attached to an aromatic ring is 1. The molecule has 1 aromatic carbocycles. The molecule has 0 spiro atoms. The molecule has 0 aliphatic rings. The molecule has 0 aliphatic heterocycles. The summed E-state index contributed by atoms with van der Waals surface area (Å²) in [6.07, 6.45) is 0. The first-order chi connectivity index (χ1) is 9.43. The number of carbonyl (C=O) groups excluding carboxylic acids is 1. The van der Waals surface area contributed by atoms with Crippen molar-refractivity contribution in [3.8, 4) is 0 Å². The zero-order valence-electron chi connectivity index (χ0n) is 11.1. The van der Waals surface area contributed by atoms with Crippen molar-refractivity contribution in [1.82, 2.24) is 9.78 Å². The van der Waals surface area contributed by atoms with Gasteiger partial charge < -0.3 is 11.1 Å². The molecule has 0 saturated heterocycles. The number of nitrogens with two attached hydrogens (primary N) is 1. The van der Waals surface area contributed by atoms with Crippen LogP contribution in [0.4, 0.5) is 20.2 Å². The van der Waals surface area contributed by atoms with E-state index in [1.54, 1.807) is 13.8 Å². The second kappa shape index (κ2) is 5.28. The zero-order valence-corrected chi connectivity index (χ0v) is 11.1. The maximum absolute atomic E-state index is 13.5. The summed E-state index contributed by atoms with van der Waals surface area (Å²) in [4.78, 5) is 12.2. The Balaban J connectivity index is 2.35. The van der Waals surface area contributed by atoms with E-state index in [9.17, 15) is 13.6 Å². The molecule has 0 saturated carbocycles. The van der Waals surface area contributed by atoms with Gasteiger partial charge in [0.25, 0.3) is 5.91 Å². The largest absolute Gasteiger partial charge is 0.395 e. The van der Waals surface area contributed by atoms with E-state index in [-0.39, 0.29) is 17.1 Å². The van der Waals surface area contributed by atoms with Crippen LogP contribution in [-0.4, -0.2) is 15.7 Å². The van der Waals surface area contributed by atoms with Gasteiger partial charge in [-0.15, -0.1) is 0 Å². The lowest BCUT2D eigenvalue weighted by Gasteiger charge is -2.08. The monoisotopic (exact) mass is 280 g/mol. The molecule has 0 fully saturated rings. The number of aromatic nitrogens is 2. The number of nitrogens with one attached hydrogen (secondary N) is 1. The molecule has 0 unspecified atom stereocenters. The van der Waals surface area contributed by atoms with Gasteiger partial charge in [0.1, 0.15) is 17.3 Å². The first-order valence-electron chi connectivity index (χ1n) is 6.03. The highest BCUT2D eigenvalue weighted by Crippen LogP contribution is 2.20. The normalized spacial score (nSPS) is 10.6. The highest BCUT2D eigenvalue weighted by Gasteiger charge is 2.20. The van der Waals surface area contributed by atoms with Crippen LogP contribution in [0.3, 0.4) is 0 Å². The number of rotatable bonds is 3. The van der Waals surface area contributed by atoms with Gasteiger partial charge in [-0.25, -0.2) is 8.78 Å². The summed E-state index contributed by atoms with van der Waals surface area (Å²) >= 11 is 0. The fourth-order valence-electron chi connectivity index (χ4n) is 1.84. The van der Waals surface area contributed by atoms with Crippen molar-refractivity contribution < 1.29 is 13.6 Å². The van der Waals surface area contributed by atoms with E-state index in [2.05, 4.69) is 10.4 Å². The van der Waals surface area contributed by atoms with E-state index in [1.165, 1.54) is 4.68 Å². The molecule has 20 heavy (non-hydrogen) atoms. The maximum atomic E-state index is 13.5. The lowest BCUT2D eigenvalue weighted by atomic mass is 10.2. The van der Waals surface area contributed by atoms with Gasteiger partial charge in [-0.3, -0.25) is 9.48 Å². The Morgan fingerprint density at radius 1 is 1.45 bits per heavy atom. The minimum absolute atomic E-state index is 0.133. The summed E-state index contributed by atoms with van der Waals surface area (Å²) < 4.78 is 28.0. The van der Waals surface area contributed by atoms with E-state index >= 15 is 0 Å². The topological polar surface area (TPSA) is 72.9 Å². The number of nitrogens with zero attached hydrogens (tertiary/aromatic N) is 2. The predicted molar refractivity (Wildman–Crippen MR) is 71.4 cm³/mol. The third kappa shape index (κ3) is 2.47. The summed E-state index contributed by atoms with van der Waals surface area (Å²) in [5, 5.41) is 6.40. The van der Waals surface area contributed by atoms with Gasteiger partial charge >= 0.3 is 0 Å². The fraction of sp³-hybridized carbons (Fsp3) is 0.231. The standard InChI is InChI=1S/C13H14F2N4O/c1-3-19-12(11(16)7(2)18-19)13(20)17-10-6-8(14)4-5-9(10)15/h4-6H,3,16H2,1-2H3,(H,17,20). The minimum Gasteiger partial charge on any atom is -0.395 e. The van der Waals surface area contributed by atoms with Crippen LogP contribution >= 0.6 is 0 Å².